The first-order valence-electron chi connectivity index (χ1n) is 4.86. The van der Waals surface area contributed by atoms with Crippen LogP contribution in [0, 0.1) is 0 Å². The van der Waals surface area contributed by atoms with Crippen LogP contribution >= 0.6 is 22.9 Å². The summed E-state index contributed by atoms with van der Waals surface area (Å²) >= 11 is 6.75. The Kier molecular flexibility index (Phi) is 4.47. The molecule has 0 atom stereocenters. The van der Waals surface area contributed by atoms with E-state index in [-0.39, 0.29) is 11.9 Å². The van der Waals surface area contributed by atoms with Crippen molar-refractivity contribution in [2.45, 2.75) is 32.7 Å². The van der Waals surface area contributed by atoms with Crippen LogP contribution in [-0.4, -0.2) is 34.1 Å². The maximum Gasteiger partial charge on any atom is 0.284 e. The van der Waals surface area contributed by atoms with Gasteiger partial charge in [0.2, 0.25) is 9.47 Å². The molecule has 1 aromatic rings. The Morgan fingerprint density at radius 2 is 2.07 bits per heavy atom. The highest BCUT2D eigenvalue weighted by Gasteiger charge is 2.21. The molecule has 1 rings (SSSR count). The van der Waals surface area contributed by atoms with Crippen LogP contribution < -0.4 is 0 Å². The van der Waals surface area contributed by atoms with Crippen LogP contribution in [-0.2, 0) is 0 Å². The fourth-order valence-electron chi connectivity index (χ4n) is 1.44. The summed E-state index contributed by atoms with van der Waals surface area (Å²) in [6.07, 6.45) is 1.87. The van der Waals surface area contributed by atoms with Gasteiger partial charge in [0.1, 0.15) is 0 Å². The van der Waals surface area contributed by atoms with Crippen LogP contribution in [0.4, 0.5) is 0 Å². The normalized spacial score (nSPS) is 10.7. The number of carbonyl (C=O) groups is 1. The highest BCUT2D eigenvalue weighted by Crippen LogP contribution is 2.18. The third-order valence-corrected chi connectivity index (χ3v) is 3.40. The topological polar surface area (TPSA) is 46.1 Å². The van der Waals surface area contributed by atoms with Gasteiger partial charge >= 0.3 is 0 Å². The van der Waals surface area contributed by atoms with Crippen molar-refractivity contribution in [2.24, 2.45) is 0 Å². The summed E-state index contributed by atoms with van der Waals surface area (Å²) in [5.41, 5.74) is 0. The van der Waals surface area contributed by atoms with Crippen LogP contribution in [0.25, 0.3) is 0 Å². The van der Waals surface area contributed by atoms with Gasteiger partial charge in [-0.3, -0.25) is 4.79 Å². The lowest BCUT2D eigenvalue weighted by molar-refractivity contribution is 0.0722. The highest BCUT2D eigenvalue weighted by molar-refractivity contribution is 7.17. The number of halogens is 1. The number of rotatable bonds is 4. The predicted octanol–water partition coefficient (Wildman–Crippen LogP) is 2.45. The Labute approximate surface area is 98.3 Å². The molecule has 1 heterocycles. The number of hydrogen-bond donors (Lipinski definition) is 0. The van der Waals surface area contributed by atoms with Crippen molar-refractivity contribution in [3.63, 3.8) is 0 Å². The van der Waals surface area contributed by atoms with Crippen molar-refractivity contribution < 1.29 is 4.79 Å². The van der Waals surface area contributed by atoms with Gasteiger partial charge in [-0.1, -0.05) is 25.2 Å². The van der Waals surface area contributed by atoms with E-state index in [2.05, 4.69) is 24.0 Å². The van der Waals surface area contributed by atoms with Gasteiger partial charge in [-0.05, 0) is 24.4 Å². The van der Waals surface area contributed by atoms with Gasteiger partial charge in [0, 0.05) is 13.1 Å². The number of nitrogens with zero attached hydrogens (tertiary/aromatic N) is 3. The molecule has 0 unspecified atom stereocenters. The van der Waals surface area contributed by atoms with E-state index in [0.717, 1.165) is 24.2 Å². The SMILES string of the molecule is CCC(CC)N(C)C(=O)c1nnc(Cl)s1. The first-order chi connectivity index (χ1) is 7.10. The lowest BCUT2D eigenvalue weighted by atomic mass is 10.1. The summed E-state index contributed by atoms with van der Waals surface area (Å²) in [4.78, 5) is 13.6. The quantitative estimate of drug-likeness (QED) is 0.821. The van der Waals surface area contributed by atoms with E-state index in [1.807, 2.05) is 0 Å². The first kappa shape index (κ1) is 12.4. The second-order valence-electron chi connectivity index (χ2n) is 3.25. The van der Waals surface area contributed by atoms with Crippen LogP contribution in [0.1, 0.15) is 36.5 Å². The van der Waals surface area contributed by atoms with E-state index in [9.17, 15) is 4.79 Å². The molecule has 6 heteroatoms. The fraction of sp³-hybridized carbons (Fsp3) is 0.667. The molecule has 0 saturated heterocycles. The van der Waals surface area contributed by atoms with E-state index in [1.165, 1.54) is 0 Å². The first-order valence-corrected chi connectivity index (χ1v) is 6.05. The Bertz CT molecular complexity index is 338. The van der Waals surface area contributed by atoms with Gasteiger partial charge in [-0.2, -0.15) is 0 Å². The molecule has 4 nitrogen and oxygen atoms in total. The fourth-order valence-corrected chi connectivity index (χ4v) is 2.26. The summed E-state index contributed by atoms with van der Waals surface area (Å²) in [5, 5.41) is 7.71. The molecule has 0 bridgehead atoms. The minimum absolute atomic E-state index is 0.104. The third kappa shape index (κ3) is 2.89. The second-order valence-corrected chi connectivity index (χ2v) is 4.81. The molecular formula is C9H14ClN3OS. The summed E-state index contributed by atoms with van der Waals surface area (Å²) in [6, 6.07) is 0.250. The second kappa shape index (κ2) is 5.42. The largest absolute Gasteiger partial charge is 0.337 e. The Hall–Kier alpha value is -0.680. The van der Waals surface area contributed by atoms with Gasteiger partial charge in [0.05, 0.1) is 0 Å². The molecule has 0 aliphatic rings. The Morgan fingerprint density at radius 3 is 2.47 bits per heavy atom. The van der Waals surface area contributed by atoms with Gasteiger partial charge in [-0.15, -0.1) is 10.2 Å². The molecule has 0 aromatic carbocycles. The number of carbonyl (C=O) groups excluding carboxylic acids is 1. The lowest BCUT2D eigenvalue weighted by Gasteiger charge is -2.24. The molecule has 0 N–H and O–H groups in total. The van der Waals surface area contributed by atoms with Gasteiger partial charge in [0.25, 0.3) is 5.91 Å². The molecule has 84 valence electrons. The van der Waals surface area contributed by atoms with Crippen molar-refractivity contribution in [2.75, 3.05) is 7.05 Å². The predicted molar refractivity (Wildman–Crippen MR) is 61.4 cm³/mol. The molecule has 1 amide bonds. The monoisotopic (exact) mass is 247 g/mol. The summed E-state index contributed by atoms with van der Waals surface area (Å²) in [7, 11) is 1.79. The van der Waals surface area contributed by atoms with Crippen molar-refractivity contribution in [1.82, 2.24) is 15.1 Å². The zero-order valence-corrected chi connectivity index (χ0v) is 10.6. The summed E-state index contributed by atoms with van der Waals surface area (Å²) < 4.78 is 0.302. The van der Waals surface area contributed by atoms with E-state index >= 15 is 0 Å². The van der Waals surface area contributed by atoms with E-state index in [1.54, 1.807) is 11.9 Å². The Balaban J connectivity index is 2.76. The smallest absolute Gasteiger partial charge is 0.284 e. The van der Waals surface area contributed by atoms with Gasteiger partial charge in [0.15, 0.2) is 0 Å². The van der Waals surface area contributed by atoms with Crippen LogP contribution in [0.3, 0.4) is 0 Å². The average molecular weight is 248 g/mol. The van der Waals surface area contributed by atoms with Crippen molar-refractivity contribution in [3.05, 3.63) is 9.47 Å². The van der Waals surface area contributed by atoms with E-state index < -0.39 is 0 Å². The van der Waals surface area contributed by atoms with Crippen LogP contribution in [0.15, 0.2) is 0 Å². The maximum absolute atomic E-state index is 11.9. The number of amides is 1. The Morgan fingerprint density at radius 1 is 1.47 bits per heavy atom. The molecule has 0 aliphatic carbocycles. The minimum atomic E-state index is -0.104. The van der Waals surface area contributed by atoms with Crippen LogP contribution in [0.5, 0.6) is 0 Å². The molecule has 0 spiro atoms. The van der Waals surface area contributed by atoms with Crippen LogP contribution in [0.2, 0.25) is 4.47 Å². The average Bonchev–Trinajstić information content (AvgIpc) is 2.65. The molecule has 0 radical (unpaired) electrons. The molecule has 0 aliphatic heterocycles. The third-order valence-electron chi connectivity index (χ3n) is 2.39. The van der Waals surface area contributed by atoms with E-state index in [4.69, 9.17) is 11.6 Å². The maximum atomic E-state index is 11.9. The van der Waals surface area contributed by atoms with Gasteiger partial charge < -0.3 is 4.90 Å². The highest BCUT2D eigenvalue weighted by atomic mass is 35.5. The molecule has 0 fully saturated rings. The summed E-state index contributed by atoms with van der Waals surface area (Å²) in [6.45, 7) is 4.12. The van der Waals surface area contributed by atoms with Crippen molar-refractivity contribution >= 4 is 28.8 Å². The summed E-state index contributed by atoms with van der Waals surface area (Å²) in [5.74, 6) is -0.104. The van der Waals surface area contributed by atoms with Crippen molar-refractivity contribution in [3.8, 4) is 0 Å². The molecule has 0 saturated carbocycles. The number of hydrogen-bond acceptors (Lipinski definition) is 4. The zero-order chi connectivity index (χ0) is 11.4. The zero-order valence-electron chi connectivity index (χ0n) is 9.03. The van der Waals surface area contributed by atoms with Crippen molar-refractivity contribution in [1.29, 1.82) is 0 Å². The van der Waals surface area contributed by atoms with E-state index in [0.29, 0.717) is 9.47 Å². The van der Waals surface area contributed by atoms with Gasteiger partial charge in [-0.25, -0.2) is 0 Å². The molecule has 15 heavy (non-hydrogen) atoms. The minimum Gasteiger partial charge on any atom is -0.337 e. The molecular weight excluding hydrogens is 234 g/mol. The lowest BCUT2D eigenvalue weighted by Crippen LogP contribution is -2.36. The standard InChI is InChI=1S/C9H14ClN3OS/c1-4-6(5-2)13(3)8(14)7-11-12-9(10)15-7/h6H,4-5H2,1-3H3. The number of aromatic nitrogens is 2. The molecule has 1 aromatic heterocycles.